The van der Waals surface area contributed by atoms with Crippen molar-refractivity contribution in [1.29, 1.82) is 0 Å². The number of piperidine rings is 1. The molecule has 1 unspecified atom stereocenters. The van der Waals surface area contributed by atoms with Crippen molar-refractivity contribution >= 4 is 11.9 Å². The van der Waals surface area contributed by atoms with E-state index in [2.05, 4.69) is 10.6 Å². The molecule has 6 nitrogen and oxygen atoms in total. The molecule has 1 aliphatic rings. The molecule has 0 spiro atoms. The number of rotatable bonds is 4. The largest absolute Gasteiger partial charge is 0.478 e. The fourth-order valence-corrected chi connectivity index (χ4v) is 2.00. The molecule has 18 heavy (non-hydrogen) atoms. The van der Waals surface area contributed by atoms with E-state index in [1.165, 1.54) is 6.07 Å². The molecule has 0 bridgehead atoms. The van der Waals surface area contributed by atoms with Crippen LogP contribution in [0.3, 0.4) is 0 Å². The van der Waals surface area contributed by atoms with Gasteiger partial charge in [0.05, 0.1) is 6.54 Å². The minimum absolute atomic E-state index is 0.0788. The highest BCUT2D eigenvalue weighted by Crippen LogP contribution is 2.15. The van der Waals surface area contributed by atoms with Gasteiger partial charge in [-0.2, -0.15) is 0 Å². The van der Waals surface area contributed by atoms with Gasteiger partial charge in [0.15, 0.2) is 0 Å². The highest BCUT2D eigenvalue weighted by atomic mass is 16.4. The standard InChI is InChI=1S/C12H16N2O4/c1-7-10(12(16)17)4-9(18-7)6-13-8-2-3-11(15)14-5-8/h4,8,13H,2-3,5-6H2,1H3,(H,14,15)(H,16,17). The second-order valence-corrected chi connectivity index (χ2v) is 4.41. The van der Waals surface area contributed by atoms with Gasteiger partial charge in [-0.25, -0.2) is 4.79 Å². The topological polar surface area (TPSA) is 91.6 Å². The number of carbonyl (C=O) groups is 2. The summed E-state index contributed by atoms with van der Waals surface area (Å²) in [5.74, 6) is 0.112. The number of aryl methyl sites for hydroxylation is 1. The van der Waals surface area contributed by atoms with Crippen molar-refractivity contribution in [2.75, 3.05) is 6.54 Å². The number of carbonyl (C=O) groups excluding carboxylic acids is 1. The van der Waals surface area contributed by atoms with Gasteiger partial charge in [-0.1, -0.05) is 0 Å². The van der Waals surface area contributed by atoms with Crippen LogP contribution in [0.5, 0.6) is 0 Å². The third kappa shape index (κ3) is 2.89. The second-order valence-electron chi connectivity index (χ2n) is 4.41. The predicted octanol–water partition coefficient (Wildman–Crippen LogP) is 0.654. The van der Waals surface area contributed by atoms with Gasteiger partial charge in [0.25, 0.3) is 0 Å². The first-order chi connectivity index (χ1) is 8.56. The molecule has 1 atom stereocenters. The Labute approximate surface area is 104 Å². The van der Waals surface area contributed by atoms with Gasteiger partial charge in [-0.15, -0.1) is 0 Å². The van der Waals surface area contributed by atoms with Gasteiger partial charge in [-0.05, 0) is 19.4 Å². The summed E-state index contributed by atoms with van der Waals surface area (Å²) in [4.78, 5) is 21.8. The Morgan fingerprint density at radius 3 is 3.00 bits per heavy atom. The molecule has 1 aliphatic heterocycles. The zero-order valence-electron chi connectivity index (χ0n) is 10.2. The molecular weight excluding hydrogens is 236 g/mol. The van der Waals surface area contributed by atoms with Crippen molar-refractivity contribution in [3.8, 4) is 0 Å². The minimum Gasteiger partial charge on any atom is -0.478 e. The first kappa shape index (κ1) is 12.6. The van der Waals surface area contributed by atoms with Crippen molar-refractivity contribution in [1.82, 2.24) is 10.6 Å². The number of carboxylic acids is 1. The normalized spacial score (nSPS) is 19.6. The van der Waals surface area contributed by atoms with Crippen LogP contribution in [0.25, 0.3) is 0 Å². The van der Waals surface area contributed by atoms with Gasteiger partial charge in [0.2, 0.25) is 5.91 Å². The molecule has 1 saturated heterocycles. The highest BCUT2D eigenvalue weighted by molar-refractivity contribution is 5.88. The minimum atomic E-state index is -0.979. The molecule has 0 saturated carbocycles. The molecule has 2 rings (SSSR count). The quantitative estimate of drug-likeness (QED) is 0.732. The third-order valence-electron chi connectivity index (χ3n) is 3.03. The summed E-state index contributed by atoms with van der Waals surface area (Å²) in [6.45, 7) is 2.70. The van der Waals surface area contributed by atoms with Crippen LogP contribution in [0.1, 0.15) is 34.7 Å². The fraction of sp³-hybridized carbons (Fsp3) is 0.500. The van der Waals surface area contributed by atoms with Crippen LogP contribution in [0.2, 0.25) is 0 Å². The van der Waals surface area contributed by atoms with Gasteiger partial charge in [0.1, 0.15) is 17.1 Å². The van der Waals surface area contributed by atoms with E-state index in [9.17, 15) is 9.59 Å². The van der Waals surface area contributed by atoms with Gasteiger partial charge in [-0.3, -0.25) is 4.79 Å². The molecule has 0 aromatic carbocycles. The average molecular weight is 252 g/mol. The first-order valence-corrected chi connectivity index (χ1v) is 5.89. The van der Waals surface area contributed by atoms with Crippen LogP contribution in [0.4, 0.5) is 0 Å². The summed E-state index contributed by atoms with van der Waals surface area (Å²) >= 11 is 0. The Hall–Kier alpha value is -1.82. The SMILES string of the molecule is Cc1oc(CNC2CCC(=O)NC2)cc1C(=O)O. The van der Waals surface area contributed by atoms with Crippen LogP contribution < -0.4 is 10.6 Å². The van der Waals surface area contributed by atoms with Crippen LogP contribution in [-0.4, -0.2) is 29.6 Å². The Morgan fingerprint density at radius 1 is 1.67 bits per heavy atom. The molecule has 6 heteroatoms. The molecule has 3 N–H and O–H groups in total. The lowest BCUT2D eigenvalue weighted by Crippen LogP contribution is -2.45. The van der Waals surface area contributed by atoms with E-state index in [0.717, 1.165) is 6.42 Å². The van der Waals surface area contributed by atoms with Gasteiger partial charge in [0, 0.05) is 19.0 Å². The van der Waals surface area contributed by atoms with Crippen molar-refractivity contribution < 1.29 is 19.1 Å². The van der Waals surface area contributed by atoms with Crippen molar-refractivity contribution in [2.24, 2.45) is 0 Å². The Morgan fingerprint density at radius 2 is 2.44 bits per heavy atom. The lowest BCUT2D eigenvalue weighted by Gasteiger charge is -2.22. The van der Waals surface area contributed by atoms with E-state index in [-0.39, 0.29) is 17.5 Å². The zero-order chi connectivity index (χ0) is 13.1. The number of nitrogens with one attached hydrogen (secondary N) is 2. The van der Waals surface area contributed by atoms with Crippen molar-refractivity contribution in [2.45, 2.75) is 32.4 Å². The molecule has 0 aliphatic carbocycles. The molecule has 0 radical (unpaired) electrons. The Kier molecular flexibility index (Phi) is 3.66. The zero-order valence-corrected chi connectivity index (χ0v) is 10.2. The predicted molar refractivity (Wildman–Crippen MR) is 63.3 cm³/mol. The van der Waals surface area contributed by atoms with E-state index in [0.29, 0.717) is 31.0 Å². The lowest BCUT2D eigenvalue weighted by atomic mass is 10.1. The maximum absolute atomic E-state index is 11.0. The van der Waals surface area contributed by atoms with E-state index in [1.54, 1.807) is 6.92 Å². The molecule has 1 amide bonds. The van der Waals surface area contributed by atoms with Crippen LogP contribution in [-0.2, 0) is 11.3 Å². The van der Waals surface area contributed by atoms with E-state index in [4.69, 9.17) is 9.52 Å². The summed E-state index contributed by atoms with van der Waals surface area (Å²) < 4.78 is 5.36. The number of hydrogen-bond acceptors (Lipinski definition) is 4. The average Bonchev–Trinajstić information content (AvgIpc) is 2.70. The molecule has 2 heterocycles. The van der Waals surface area contributed by atoms with E-state index in [1.807, 2.05) is 0 Å². The smallest absolute Gasteiger partial charge is 0.339 e. The monoisotopic (exact) mass is 252 g/mol. The maximum Gasteiger partial charge on any atom is 0.339 e. The second kappa shape index (κ2) is 5.22. The van der Waals surface area contributed by atoms with Crippen LogP contribution in [0.15, 0.2) is 10.5 Å². The lowest BCUT2D eigenvalue weighted by molar-refractivity contribution is -0.122. The molecule has 1 aromatic heterocycles. The van der Waals surface area contributed by atoms with Crippen LogP contribution in [0, 0.1) is 6.92 Å². The molecule has 1 aromatic rings. The number of carboxylic acid groups (broad SMARTS) is 1. The fourth-order valence-electron chi connectivity index (χ4n) is 2.00. The highest BCUT2D eigenvalue weighted by Gasteiger charge is 2.18. The van der Waals surface area contributed by atoms with Gasteiger partial charge >= 0.3 is 5.97 Å². The Bertz CT molecular complexity index is 457. The molecular formula is C12H16N2O4. The van der Waals surface area contributed by atoms with E-state index >= 15 is 0 Å². The summed E-state index contributed by atoms with van der Waals surface area (Å²) in [6.07, 6.45) is 1.31. The maximum atomic E-state index is 11.0. The summed E-state index contributed by atoms with van der Waals surface area (Å²) in [5, 5.41) is 14.9. The van der Waals surface area contributed by atoms with Crippen molar-refractivity contribution in [3.05, 3.63) is 23.2 Å². The summed E-state index contributed by atoms with van der Waals surface area (Å²) in [6, 6.07) is 1.74. The van der Waals surface area contributed by atoms with E-state index < -0.39 is 5.97 Å². The number of amides is 1. The van der Waals surface area contributed by atoms with Crippen molar-refractivity contribution in [3.63, 3.8) is 0 Å². The first-order valence-electron chi connectivity index (χ1n) is 5.89. The van der Waals surface area contributed by atoms with Crippen LogP contribution >= 0.6 is 0 Å². The number of furan rings is 1. The third-order valence-corrected chi connectivity index (χ3v) is 3.03. The van der Waals surface area contributed by atoms with Gasteiger partial charge < -0.3 is 20.2 Å². The Balaban J connectivity index is 1.88. The number of aromatic carboxylic acids is 1. The molecule has 98 valence electrons. The summed E-state index contributed by atoms with van der Waals surface area (Å²) in [5.41, 5.74) is 0.198. The summed E-state index contributed by atoms with van der Waals surface area (Å²) in [7, 11) is 0. The molecule has 1 fully saturated rings. The number of hydrogen-bond donors (Lipinski definition) is 3.